The quantitative estimate of drug-likeness (QED) is 0.832. The molecule has 0 fully saturated rings. The number of aryl methyl sites for hydroxylation is 2. The van der Waals surface area contributed by atoms with Crippen molar-refractivity contribution in [1.82, 2.24) is 10.3 Å². The Balaban J connectivity index is 1.85. The summed E-state index contributed by atoms with van der Waals surface area (Å²) in [5, 5.41) is 5.90. The number of nitrogen functional groups attached to an aromatic ring is 1. The average molecular weight is 289 g/mol. The van der Waals surface area contributed by atoms with Gasteiger partial charge in [-0.25, -0.2) is 4.98 Å². The van der Waals surface area contributed by atoms with Crippen molar-refractivity contribution in [2.45, 2.75) is 32.7 Å². The number of para-hydroxylation sites is 1. The maximum Gasteiger partial charge on any atom is 0.220 e. The summed E-state index contributed by atoms with van der Waals surface area (Å²) in [6.45, 7) is 3.90. The molecule has 20 heavy (non-hydrogen) atoms. The lowest BCUT2D eigenvalue weighted by molar-refractivity contribution is -0.121. The minimum atomic E-state index is -0.0469. The third kappa shape index (κ3) is 3.81. The molecule has 2 aromatic rings. The summed E-state index contributed by atoms with van der Waals surface area (Å²) in [6.07, 6.45) is 1.09. The highest BCUT2D eigenvalue weighted by molar-refractivity contribution is 7.09. The van der Waals surface area contributed by atoms with Gasteiger partial charge in [-0.15, -0.1) is 11.3 Å². The smallest absolute Gasteiger partial charge is 0.220 e. The number of nitrogens with two attached hydrogens (primary N) is 1. The fourth-order valence-electron chi connectivity index (χ4n) is 1.96. The fourth-order valence-corrected chi connectivity index (χ4v) is 2.76. The SMILES string of the molecule is Cc1csc(C(C)NC(=O)CCc2ccccc2N)n1. The van der Waals surface area contributed by atoms with Crippen molar-refractivity contribution in [3.05, 3.63) is 45.9 Å². The number of rotatable bonds is 5. The predicted molar refractivity (Wildman–Crippen MR) is 82.6 cm³/mol. The molecule has 0 aliphatic carbocycles. The molecular weight excluding hydrogens is 270 g/mol. The molecule has 0 saturated heterocycles. The predicted octanol–water partition coefficient (Wildman–Crippen LogP) is 2.84. The molecule has 1 heterocycles. The van der Waals surface area contributed by atoms with Crippen molar-refractivity contribution in [2.75, 3.05) is 5.73 Å². The van der Waals surface area contributed by atoms with Crippen LogP contribution in [0.1, 0.15) is 35.7 Å². The topological polar surface area (TPSA) is 68.0 Å². The van der Waals surface area contributed by atoms with Crippen LogP contribution < -0.4 is 11.1 Å². The van der Waals surface area contributed by atoms with Gasteiger partial charge in [-0.1, -0.05) is 18.2 Å². The summed E-state index contributed by atoms with van der Waals surface area (Å²) < 4.78 is 0. The van der Waals surface area contributed by atoms with E-state index in [2.05, 4.69) is 10.3 Å². The summed E-state index contributed by atoms with van der Waals surface area (Å²) in [6, 6.07) is 7.59. The van der Waals surface area contributed by atoms with Crippen molar-refractivity contribution >= 4 is 22.9 Å². The van der Waals surface area contributed by atoms with E-state index in [0.717, 1.165) is 22.0 Å². The molecule has 0 bridgehead atoms. The molecule has 1 amide bonds. The molecule has 2 rings (SSSR count). The van der Waals surface area contributed by atoms with Crippen molar-refractivity contribution < 1.29 is 4.79 Å². The number of nitrogens with one attached hydrogen (secondary N) is 1. The molecule has 1 aromatic heterocycles. The van der Waals surface area contributed by atoms with Gasteiger partial charge in [-0.2, -0.15) is 0 Å². The first-order chi connectivity index (χ1) is 9.56. The second-order valence-electron chi connectivity index (χ2n) is 4.82. The van der Waals surface area contributed by atoms with E-state index in [-0.39, 0.29) is 11.9 Å². The zero-order chi connectivity index (χ0) is 14.5. The monoisotopic (exact) mass is 289 g/mol. The zero-order valence-electron chi connectivity index (χ0n) is 11.7. The zero-order valence-corrected chi connectivity index (χ0v) is 12.5. The molecule has 1 unspecified atom stereocenters. The van der Waals surface area contributed by atoms with Crippen molar-refractivity contribution in [1.29, 1.82) is 0 Å². The van der Waals surface area contributed by atoms with E-state index in [1.165, 1.54) is 0 Å². The van der Waals surface area contributed by atoms with E-state index in [0.29, 0.717) is 12.8 Å². The van der Waals surface area contributed by atoms with Crippen LogP contribution in [0.2, 0.25) is 0 Å². The summed E-state index contributed by atoms with van der Waals surface area (Å²) in [5.41, 5.74) is 8.60. The Morgan fingerprint density at radius 3 is 2.85 bits per heavy atom. The molecule has 0 spiro atoms. The van der Waals surface area contributed by atoms with E-state index < -0.39 is 0 Å². The number of amides is 1. The van der Waals surface area contributed by atoms with Crippen LogP contribution in [0.15, 0.2) is 29.6 Å². The van der Waals surface area contributed by atoms with Crippen LogP contribution >= 0.6 is 11.3 Å². The number of hydrogen-bond acceptors (Lipinski definition) is 4. The van der Waals surface area contributed by atoms with Crippen LogP contribution in [-0.4, -0.2) is 10.9 Å². The molecule has 0 radical (unpaired) electrons. The van der Waals surface area contributed by atoms with Crippen molar-refractivity contribution in [2.24, 2.45) is 0 Å². The summed E-state index contributed by atoms with van der Waals surface area (Å²) >= 11 is 1.57. The lowest BCUT2D eigenvalue weighted by Crippen LogP contribution is -2.26. The molecular formula is C15H19N3OS. The number of nitrogens with zero attached hydrogens (tertiary/aromatic N) is 1. The number of carbonyl (C=O) groups excluding carboxylic acids is 1. The number of hydrogen-bond donors (Lipinski definition) is 2. The largest absolute Gasteiger partial charge is 0.399 e. The Morgan fingerprint density at radius 2 is 2.20 bits per heavy atom. The summed E-state index contributed by atoms with van der Waals surface area (Å²) in [4.78, 5) is 16.3. The molecule has 3 N–H and O–H groups in total. The lowest BCUT2D eigenvalue weighted by atomic mass is 10.1. The molecule has 1 atom stereocenters. The van der Waals surface area contributed by atoms with Crippen LogP contribution in [0.3, 0.4) is 0 Å². The Kier molecular flexibility index (Phi) is 4.74. The highest BCUT2D eigenvalue weighted by Crippen LogP contribution is 2.18. The van der Waals surface area contributed by atoms with Gasteiger partial charge in [0.25, 0.3) is 0 Å². The second-order valence-corrected chi connectivity index (χ2v) is 5.70. The number of carbonyl (C=O) groups is 1. The molecule has 0 saturated carbocycles. The number of thiazole rings is 1. The van der Waals surface area contributed by atoms with E-state index >= 15 is 0 Å². The molecule has 0 aliphatic heterocycles. The fraction of sp³-hybridized carbons (Fsp3) is 0.333. The van der Waals surface area contributed by atoms with Gasteiger partial charge in [0, 0.05) is 23.2 Å². The van der Waals surface area contributed by atoms with E-state index in [1.54, 1.807) is 11.3 Å². The van der Waals surface area contributed by atoms with E-state index in [9.17, 15) is 4.79 Å². The maximum absolute atomic E-state index is 11.9. The standard InChI is InChI=1S/C15H19N3OS/c1-10-9-20-15(17-10)11(2)18-14(19)8-7-12-5-3-4-6-13(12)16/h3-6,9,11H,7-8,16H2,1-2H3,(H,18,19). The highest BCUT2D eigenvalue weighted by atomic mass is 32.1. The summed E-state index contributed by atoms with van der Waals surface area (Å²) in [5.74, 6) is 0.0219. The minimum absolute atomic E-state index is 0.0219. The normalized spacial score (nSPS) is 12.1. The molecule has 0 aliphatic rings. The van der Waals surface area contributed by atoms with Crippen LogP contribution in [0.5, 0.6) is 0 Å². The molecule has 106 valence electrons. The Morgan fingerprint density at radius 1 is 1.45 bits per heavy atom. The van der Waals surface area contributed by atoms with E-state index in [4.69, 9.17) is 5.73 Å². The lowest BCUT2D eigenvalue weighted by Gasteiger charge is -2.11. The maximum atomic E-state index is 11.9. The van der Waals surface area contributed by atoms with Crippen LogP contribution in [0.25, 0.3) is 0 Å². The number of anilines is 1. The van der Waals surface area contributed by atoms with Gasteiger partial charge in [-0.05, 0) is 31.9 Å². The third-order valence-corrected chi connectivity index (χ3v) is 4.21. The Labute approximate surface area is 123 Å². The first kappa shape index (κ1) is 14.5. The third-order valence-electron chi connectivity index (χ3n) is 3.06. The van der Waals surface area contributed by atoms with E-state index in [1.807, 2.05) is 43.5 Å². The summed E-state index contributed by atoms with van der Waals surface area (Å²) in [7, 11) is 0. The van der Waals surface area contributed by atoms with Crippen LogP contribution in [0.4, 0.5) is 5.69 Å². The number of benzene rings is 1. The van der Waals surface area contributed by atoms with Crippen LogP contribution in [0, 0.1) is 6.92 Å². The number of aromatic nitrogens is 1. The van der Waals surface area contributed by atoms with Gasteiger partial charge in [0.05, 0.1) is 6.04 Å². The van der Waals surface area contributed by atoms with Crippen molar-refractivity contribution in [3.63, 3.8) is 0 Å². The van der Waals surface area contributed by atoms with Gasteiger partial charge in [0.2, 0.25) is 5.91 Å². The first-order valence-electron chi connectivity index (χ1n) is 6.61. The highest BCUT2D eigenvalue weighted by Gasteiger charge is 2.12. The average Bonchev–Trinajstić information content (AvgIpc) is 2.84. The van der Waals surface area contributed by atoms with Gasteiger partial charge in [-0.3, -0.25) is 4.79 Å². The van der Waals surface area contributed by atoms with Crippen LogP contribution in [-0.2, 0) is 11.2 Å². The van der Waals surface area contributed by atoms with Gasteiger partial charge in [0.1, 0.15) is 5.01 Å². The van der Waals surface area contributed by atoms with Gasteiger partial charge >= 0.3 is 0 Å². The molecule has 1 aromatic carbocycles. The Hall–Kier alpha value is -1.88. The molecule has 5 heteroatoms. The van der Waals surface area contributed by atoms with Gasteiger partial charge < -0.3 is 11.1 Å². The Bertz CT molecular complexity index is 594. The molecule has 4 nitrogen and oxygen atoms in total. The van der Waals surface area contributed by atoms with Crippen molar-refractivity contribution in [3.8, 4) is 0 Å². The van der Waals surface area contributed by atoms with Gasteiger partial charge in [0.15, 0.2) is 0 Å². The second kappa shape index (κ2) is 6.52. The minimum Gasteiger partial charge on any atom is -0.399 e. The first-order valence-corrected chi connectivity index (χ1v) is 7.49.